The summed E-state index contributed by atoms with van der Waals surface area (Å²) in [5.41, 5.74) is 0.543. The van der Waals surface area contributed by atoms with Gasteiger partial charge in [0.2, 0.25) is 0 Å². The van der Waals surface area contributed by atoms with Crippen molar-refractivity contribution in [2.75, 3.05) is 20.8 Å². The van der Waals surface area contributed by atoms with E-state index < -0.39 is 16.5 Å². The van der Waals surface area contributed by atoms with E-state index in [2.05, 4.69) is 15.4 Å². The molecule has 0 bridgehead atoms. The van der Waals surface area contributed by atoms with Gasteiger partial charge in [-0.25, -0.2) is 9.67 Å². The van der Waals surface area contributed by atoms with Crippen LogP contribution in [0.25, 0.3) is 11.0 Å². The Balaban J connectivity index is 1.49. The van der Waals surface area contributed by atoms with Crippen molar-refractivity contribution in [2.45, 2.75) is 13.1 Å². The molecule has 0 saturated heterocycles. The van der Waals surface area contributed by atoms with Gasteiger partial charge >= 0.3 is 0 Å². The predicted octanol–water partition coefficient (Wildman–Crippen LogP) is 2.00. The van der Waals surface area contributed by atoms with Crippen LogP contribution < -0.4 is 20.3 Å². The van der Waals surface area contributed by atoms with Gasteiger partial charge in [0.15, 0.2) is 17.1 Å². The van der Waals surface area contributed by atoms with E-state index in [-0.39, 0.29) is 35.7 Å². The number of carbonyl (C=O) groups excluding carboxylic acids is 1. The van der Waals surface area contributed by atoms with Crippen molar-refractivity contribution < 1.29 is 19.2 Å². The van der Waals surface area contributed by atoms with Crippen LogP contribution >= 0.6 is 0 Å². The Hall–Kier alpha value is -4.74. The first-order valence-electron chi connectivity index (χ1n) is 10.6. The Morgan fingerprint density at radius 1 is 1.14 bits per heavy atom. The zero-order valence-corrected chi connectivity index (χ0v) is 19.0. The molecule has 0 atom stereocenters. The molecule has 4 rings (SSSR count). The second kappa shape index (κ2) is 10.0. The van der Waals surface area contributed by atoms with Crippen LogP contribution in [0.3, 0.4) is 0 Å². The number of nitrogens with zero attached hydrogens (tertiary/aromatic N) is 5. The fourth-order valence-electron chi connectivity index (χ4n) is 3.63. The molecule has 12 nitrogen and oxygen atoms in total. The van der Waals surface area contributed by atoms with Crippen molar-refractivity contribution >= 4 is 22.6 Å². The first-order valence-corrected chi connectivity index (χ1v) is 10.6. The minimum atomic E-state index is -0.664. The van der Waals surface area contributed by atoms with Crippen LogP contribution in [-0.2, 0) is 13.1 Å². The highest BCUT2D eigenvalue weighted by molar-refractivity contribution is 5.99. The van der Waals surface area contributed by atoms with Gasteiger partial charge in [-0.05, 0) is 5.56 Å². The molecule has 2 aromatic heterocycles. The molecule has 2 heterocycles. The van der Waals surface area contributed by atoms with Gasteiger partial charge in [0.05, 0.1) is 44.5 Å². The molecule has 0 spiro atoms. The smallest absolute Gasteiger partial charge is 0.286 e. The van der Waals surface area contributed by atoms with Crippen LogP contribution in [0.15, 0.2) is 59.8 Å². The van der Waals surface area contributed by atoms with Gasteiger partial charge in [-0.15, -0.1) is 0 Å². The molecule has 0 radical (unpaired) electrons. The summed E-state index contributed by atoms with van der Waals surface area (Å²) in [6.45, 7) is 0.676. The van der Waals surface area contributed by atoms with Crippen molar-refractivity contribution in [3.05, 3.63) is 86.6 Å². The number of rotatable bonds is 9. The highest BCUT2D eigenvalue weighted by Gasteiger charge is 2.24. The van der Waals surface area contributed by atoms with Gasteiger partial charge in [0.1, 0.15) is 17.3 Å². The molecule has 2 aromatic carbocycles. The van der Waals surface area contributed by atoms with E-state index in [1.54, 1.807) is 0 Å². The van der Waals surface area contributed by atoms with Gasteiger partial charge in [-0.1, -0.05) is 30.3 Å². The molecule has 0 unspecified atom stereocenters. The SMILES string of the molecule is COc1cc(C(=O)NCCn2ncc3c(=O)n(Cc4ccccc4)cnc32)c([N+](=O)[O-])cc1OC. The molecule has 0 fully saturated rings. The van der Waals surface area contributed by atoms with Crippen LogP contribution in [-0.4, -0.2) is 50.9 Å². The molecule has 12 heteroatoms. The first-order chi connectivity index (χ1) is 16.9. The fraction of sp³-hybridized carbons (Fsp3) is 0.217. The van der Waals surface area contributed by atoms with Gasteiger partial charge in [-0.2, -0.15) is 5.10 Å². The lowest BCUT2D eigenvalue weighted by atomic mass is 10.1. The van der Waals surface area contributed by atoms with Crippen LogP contribution in [0.1, 0.15) is 15.9 Å². The molecule has 0 aliphatic rings. The van der Waals surface area contributed by atoms with Crippen LogP contribution in [0.4, 0.5) is 5.69 Å². The summed E-state index contributed by atoms with van der Waals surface area (Å²) in [6.07, 6.45) is 2.90. The minimum absolute atomic E-state index is 0.0931. The Morgan fingerprint density at radius 2 is 1.86 bits per heavy atom. The molecule has 35 heavy (non-hydrogen) atoms. The van der Waals surface area contributed by atoms with E-state index in [0.717, 1.165) is 11.6 Å². The lowest BCUT2D eigenvalue weighted by Gasteiger charge is -2.11. The van der Waals surface area contributed by atoms with E-state index in [0.29, 0.717) is 17.6 Å². The summed E-state index contributed by atoms with van der Waals surface area (Å²) in [4.78, 5) is 40.7. The van der Waals surface area contributed by atoms with E-state index >= 15 is 0 Å². The van der Waals surface area contributed by atoms with Crippen molar-refractivity contribution in [1.82, 2.24) is 24.6 Å². The number of methoxy groups -OCH3 is 2. The summed E-state index contributed by atoms with van der Waals surface area (Å²) in [5.74, 6) is -0.327. The third kappa shape index (κ3) is 4.81. The number of amides is 1. The van der Waals surface area contributed by atoms with Gasteiger partial charge in [-0.3, -0.25) is 24.3 Å². The maximum absolute atomic E-state index is 12.8. The molecule has 1 amide bonds. The maximum Gasteiger partial charge on any atom is 0.286 e. The van der Waals surface area contributed by atoms with E-state index in [1.165, 1.54) is 42.1 Å². The Bertz CT molecular complexity index is 1450. The van der Waals surface area contributed by atoms with E-state index in [1.807, 2.05) is 30.3 Å². The second-order valence-electron chi connectivity index (χ2n) is 7.51. The summed E-state index contributed by atoms with van der Waals surface area (Å²) >= 11 is 0. The predicted molar refractivity (Wildman–Crippen MR) is 126 cm³/mol. The van der Waals surface area contributed by atoms with Gasteiger partial charge < -0.3 is 14.8 Å². The van der Waals surface area contributed by atoms with Gasteiger partial charge in [0.25, 0.3) is 17.2 Å². The monoisotopic (exact) mass is 478 g/mol. The van der Waals surface area contributed by atoms with Crippen LogP contribution in [0.2, 0.25) is 0 Å². The average Bonchev–Trinajstić information content (AvgIpc) is 3.29. The number of hydrogen-bond acceptors (Lipinski definition) is 8. The van der Waals surface area contributed by atoms with E-state index in [4.69, 9.17) is 9.47 Å². The summed E-state index contributed by atoms with van der Waals surface area (Å²) in [7, 11) is 2.72. The minimum Gasteiger partial charge on any atom is -0.493 e. The molecule has 180 valence electrons. The Kier molecular flexibility index (Phi) is 6.71. The summed E-state index contributed by atoms with van der Waals surface area (Å²) in [6, 6.07) is 11.9. The third-order valence-corrected chi connectivity index (χ3v) is 5.37. The van der Waals surface area contributed by atoms with Crippen molar-refractivity contribution in [2.24, 2.45) is 0 Å². The van der Waals surface area contributed by atoms with Crippen molar-refractivity contribution in [3.8, 4) is 11.5 Å². The topological polar surface area (TPSA) is 143 Å². The highest BCUT2D eigenvalue weighted by Crippen LogP contribution is 2.34. The number of nitro benzene ring substituents is 1. The average molecular weight is 478 g/mol. The zero-order valence-electron chi connectivity index (χ0n) is 19.0. The molecule has 0 saturated carbocycles. The molecular formula is C23H22N6O6. The summed E-state index contributed by atoms with van der Waals surface area (Å²) < 4.78 is 13.2. The standard InChI is InChI=1S/C23H22N6O6/c1-34-19-10-16(18(29(32)33)11-20(19)35-2)22(30)24-8-9-28-21-17(12-26-28)23(31)27(14-25-21)13-15-6-4-3-5-7-15/h3-7,10-12,14H,8-9,13H2,1-2H3,(H,24,30). The number of nitro groups is 1. The van der Waals surface area contributed by atoms with Crippen LogP contribution in [0, 0.1) is 10.1 Å². The lowest BCUT2D eigenvalue weighted by Crippen LogP contribution is -2.28. The number of hydrogen-bond donors (Lipinski definition) is 1. The molecule has 0 aliphatic heterocycles. The second-order valence-corrected chi connectivity index (χ2v) is 7.51. The number of carbonyl (C=O) groups is 1. The number of aromatic nitrogens is 4. The van der Waals surface area contributed by atoms with Crippen molar-refractivity contribution in [1.29, 1.82) is 0 Å². The molecule has 0 aliphatic carbocycles. The molecule has 1 N–H and O–H groups in total. The van der Waals surface area contributed by atoms with Crippen LogP contribution in [0.5, 0.6) is 11.5 Å². The quantitative estimate of drug-likeness (QED) is 0.284. The Morgan fingerprint density at radius 3 is 2.54 bits per heavy atom. The summed E-state index contributed by atoms with van der Waals surface area (Å²) in [5, 5.41) is 18.7. The largest absolute Gasteiger partial charge is 0.493 e. The highest BCUT2D eigenvalue weighted by atomic mass is 16.6. The van der Waals surface area contributed by atoms with E-state index in [9.17, 15) is 19.7 Å². The third-order valence-electron chi connectivity index (χ3n) is 5.37. The maximum atomic E-state index is 12.8. The number of fused-ring (bicyclic) bond motifs is 1. The molecular weight excluding hydrogens is 456 g/mol. The van der Waals surface area contributed by atoms with Crippen molar-refractivity contribution in [3.63, 3.8) is 0 Å². The number of ether oxygens (including phenoxy) is 2. The van der Waals surface area contributed by atoms with Gasteiger partial charge in [0, 0.05) is 12.6 Å². The fourth-order valence-corrected chi connectivity index (χ4v) is 3.63. The number of nitrogens with one attached hydrogen (secondary N) is 1. The molecule has 4 aromatic rings. The zero-order chi connectivity index (χ0) is 24.9. The number of benzene rings is 2. The first kappa shape index (κ1) is 23.4. The Labute approximate surface area is 198 Å². The normalized spacial score (nSPS) is 10.8. The lowest BCUT2D eigenvalue weighted by molar-refractivity contribution is -0.385.